The van der Waals surface area contributed by atoms with Gasteiger partial charge in [-0.2, -0.15) is 0 Å². The minimum absolute atomic E-state index is 0.0904. The maximum Gasteiger partial charge on any atom is 0.320 e. The molecule has 1 atom stereocenters. The van der Waals surface area contributed by atoms with Gasteiger partial charge in [0.25, 0.3) is 10.0 Å². The summed E-state index contributed by atoms with van der Waals surface area (Å²) in [5.41, 5.74) is 10.0. The van der Waals surface area contributed by atoms with E-state index < -0.39 is 33.2 Å². The lowest BCUT2D eigenvalue weighted by Gasteiger charge is -2.23. The van der Waals surface area contributed by atoms with Gasteiger partial charge in [0.15, 0.2) is 0 Å². The smallest absolute Gasteiger partial charge is 0.320 e. The summed E-state index contributed by atoms with van der Waals surface area (Å²) in [5, 5.41) is 8.92. The number of aliphatic imine (C=N–C) groups is 1. The molecule has 0 radical (unpaired) electrons. The van der Waals surface area contributed by atoms with Gasteiger partial charge in [0.05, 0.1) is 10.5 Å². The normalized spacial score (nSPS) is 16.6. The Morgan fingerprint density at radius 3 is 2.41 bits per heavy atom. The molecule has 11 heteroatoms. The maximum absolute atomic E-state index is 13.5. The van der Waals surface area contributed by atoms with Crippen molar-refractivity contribution in [3.63, 3.8) is 0 Å². The van der Waals surface area contributed by atoms with Gasteiger partial charge in [0, 0.05) is 18.5 Å². The number of carboxylic acid groups (broad SMARTS) is 1. The number of carboxylic acids is 1. The van der Waals surface area contributed by atoms with Crippen LogP contribution >= 0.6 is 0 Å². The molecule has 1 aliphatic rings. The number of guanidine groups is 1. The number of hydrogen-bond donors (Lipinski definition) is 4. The Morgan fingerprint density at radius 1 is 1.24 bits per heavy atom. The van der Waals surface area contributed by atoms with Crippen molar-refractivity contribution in [2.24, 2.45) is 10.7 Å². The highest BCUT2D eigenvalue weighted by Gasteiger charge is 2.37. The number of rotatable bonds is 8. The quantitative estimate of drug-likeness (QED) is 0.185. The summed E-state index contributed by atoms with van der Waals surface area (Å²) in [7, 11) is -4.03. The molecule has 10 nitrogen and oxygen atoms in total. The van der Waals surface area contributed by atoms with Crippen molar-refractivity contribution in [3.05, 3.63) is 22.3 Å². The minimum atomic E-state index is -4.03. The molecule has 192 valence electrons. The van der Waals surface area contributed by atoms with Crippen LogP contribution in [0.15, 0.2) is 9.89 Å². The maximum atomic E-state index is 13.5. The zero-order chi connectivity index (χ0) is 26.1. The van der Waals surface area contributed by atoms with Crippen molar-refractivity contribution in [3.8, 4) is 5.75 Å². The van der Waals surface area contributed by atoms with E-state index in [9.17, 15) is 13.2 Å². The predicted molar refractivity (Wildman–Crippen MR) is 131 cm³/mol. The fraction of sp³-hybridized carbons (Fsp3) is 0.652. The molecule has 0 saturated carbocycles. The van der Waals surface area contributed by atoms with Crippen LogP contribution < -0.4 is 20.7 Å². The van der Waals surface area contributed by atoms with Crippen LogP contribution in [0.2, 0.25) is 0 Å². The molecule has 0 saturated heterocycles. The SMILES string of the molecule is Cc1c(C)c(S(=O)(=O)NC(=NCCCC(N)C(=O)O)NOC(C)(C)C)c(C)c2c1OC(C)(C)C2. The Balaban J connectivity index is 2.36. The average Bonchev–Trinajstić information content (AvgIpc) is 3.02. The first kappa shape index (κ1) is 27.9. The molecule has 5 N–H and O–H groups in total. The second kappa shape index (κ2) is 10.1. The third-order valence-electron chi connectivity index (χ3n) is 5.51. The van der Waals surface area contributed by atoms with Gasteiger partial charge in [-0.05, 0) is 84.9 Å². The summed E-state index contributed by atoms with van der Waals surface area (Å²) >= 11 is 0. The summed E-state index contributed by atoms with van der Waals surface area (Å²) in [6, 6.07) is -1.000. The van der Waals surface area contributed by atoms with Crippen LogP contribution in [-0.2, 0) is 26.1 Å². The van der Waals surface area contributed by atoms with Crippen molar-refractivity contribution in [1.82, 2.24) is 10.2 Å². The molecule has 0 aromatic heterocycles. The van der Waals surface area contributed by atoms with E-state index >= 15 is 0 Å². The standard InChI is InChI=1S/C23H38N4O6S/c1-13-14(2)19(15(3)16-12-23(7,8)32-18(13)16)34(30,31)27-21(26-33-22(4,5)6)25-11-9-10-17(24)20(28)29/h17H,9-12,24H2,1-8H3,(H,28,29)(H2,25,26,27). The largest absolute Gasteiger partial charge is 0.487 e. The average molecular weight is 499 g/mol. The number of hydrogen-bond acceptors (Lipinski definition) is 7. The van der Waals surface area contributed by atoms with E-state index in [0.29, 0.717) is 24.0 Å². The molecule has 1 aromatic rings. The highest BCUT2D eigenvalue weighted by atomic mass is 32.2. The lowest BCUT2D eigenvalue weighted by atomic mass is 9.94. The molecular weight excluding hydrogens is 460 g/mol. The van der Waals surface area contributed by atoms with Gasteiger partial charge >= 0.3 is 5.97 Å². The number of nitrogens with two attached hydrogens (primary N) is 1. The zero-order valence-corrected chi connectivity index (χ0v) is 22.1. The lowest BCUT2D eigenvalue weighted by Crippen LogP contribution is -2.44. The van der Waals surface area contributed by atoms with E-state index in [4.69, 9.17) is 20.4 Å². The summed E-state index contributed by atoms with van der Waals surface area (Å²) in [5.74, 6) is -0.437. The highest BCUT2D eigenvalue weighted by molar-refractivity contribution is 7.90. The van der Waals surface area contributed by atoms with Gasteiger partial charge < -0.3 is 15.6 Å². The number of nitrogens with one attached hydrogen (secondary N) is 2. The van der Waals surface area contributed by atoms with Crippen LogP contribution in [0.5, 0.6) is 5.75 Å². The Morgan fingerprint density at radius 2 is 1.85 bits per heavy atom. The molecule has 2 rings (SSSR count). The lowest BCUT2D eigenvalue weighted by molar-refractivity contribution is -0.138. The number of aliphatic carboxylic acids is 1. The number of benzene rings is 1. The van der Waals surface area contributed by atoms with E-state index in [1.165, 1.54) is 0 Å². The second-order valence-corrected chi connectivity index (χ2v) is 11.9. The fourth-order valence-corrected chi connectivity index (χ4v) is 5.28. The van der Waals surface area contributed by atoms with Crippen LogP contribution in [0.4, 0.5) is 0 Å². The number of hydroxylamine groups is 1. The molecule has 0 fully saturated rings. The summed E-state index contributed by atoms with van der Waals surface area (Å²) in [6.07, 6.45) is 1.17. The molecule has 1 heterocycles. The van der Waals surface area contributed by atoms with E-state index in [-0.39, 0.29) is 23.8 Å². The first-order valence-corrected chi connectivity index (χ1v) is 12.7. The molecule has 34 heavy (non-hydrogen) atoms. The fourth-order valence-electron chi connectivity index (χ4n) is 3.74. The van der Waals surface area contributed by atoms with Crippen LogP contribution in [0, 0.1) is 20.8 Å². The van der Waals surface area contributed by atoms with E-state index in [1.807, 2.05) is 20.8 Å². The number of nitrogens with zero attached hydrogens (tertiary/aromatic N) is 1. The first-order valence-electron chi connectivity index (χ1n) is 11.3. The van der Waals surface area contributed by atoms with Gasteiger partial charge in [-0.3, -0.25) is 14.6 Å². The van der Waals surface area contributed by atoms with Crippen LogP contribution in [-0.4, -0.2) is 49.2 Å². The number of fused-ring (bicyclic) bond motifs is 1. The van der Waals surface area contributed by atoms with Crippen molar-refractivity contribution in [2.45, 2.75) is 96.8 Å². The van der Waals surface area contributed by atoms with Crippen LogP contribution in [0.25, 0.3) is 0 Å². The first-order chi connectivity index (χ1) is 15.4. The number of ether oxygens (including phenoxy) is 1. The van der Waals surface area contributed by atoms with Crippen molar-refractivity contribution >= 4 is 22.0 Å². The summed E-state index contributed by atoms with van der Waals surface area (Å²) in [4.78, 5) is 20.9. The Kier molecular flexibility index (Phi) is 8.27. The Labute approximate surface area is 202 Å². The van der Waals surface area contributed by atoms with Crippen molar-refractivity contribution in [1.29, 1.82) is 0 Å². The van der Waals surface area contributed by atoms with Crippen molar-refractivity contribution in [2.75, 3.05) is 6.54 Å². The van der Waals surface area contributed by atoms with Gasteiger partial charge in [0.1, 0.15) is 17.4 Å². The third kappa shape index (κ3) is 6.83. The molecule has 1 aliphatic heterocycles. The van der Waals surface area contributed by atoms with Crippen LogP contribution in [0.1, 0.15) is 69.7 Å². The van der Waals surface area contributed by atoms with Crippen molar-refractivity contribution < 1.29 is 27.9 Å². The van der Waals surface area contributed by atoms with Crippen LogP contribution in [0.3, 0.4) is 0 Å². The zero-order valence-electron chi connectivity index (χ0n) is 21.3. The monoisotopic (exact) mass is 498 g/mol. The Hall–Kier alpha value is -2.37. The number of sulfonamides is 1. The van der Waals surface area contributed by atoms with E-state index in [0.717, 1.165) is 16.9 Å². The molecule has 1 aromatic carbocycles. The second-order valence-electron chi connectivity index (χ2n) is 10.3. The highest BCUT2D eigenvalue weighted by Crippen LogP contribution is 2.43. The summed E-state index contributed by atoms with van der Waals surface area (Å²) in [6.45, 7) is 14.9. The van der Waals surface area contributed by atoms with Gasteiger partial charge in [-0.25, -0.2) is 18.6 Å². The Bertz CT molecular complexity index is 1070. The van der Waals surface area contributed by atoms with E-state index in [1.54, 1.807) is 34.6 Å². The molecule has 0 spiro atoms. The molecule has 1 unspecified atom stereocenters. The van der Waals surface area contributed by atoms with E-state index in [2.05, 4.69) is 15.2 Å². The minimum Gasteiger partial charge on any atom is -0.487 e. The predicted octanol–water partition coefficient (Wildman–Crippen LogP) is 2.47. The third-order valence-corrected chi connectivity index (χ3v) is 7.12. The molecule has 0 aliphatic carbocycles. The van der Waals surface area contributed by atoms with Gasteiger partial charge in [0.2, 0.25) is 5.96 Å². The van der Waals surface area contributed by atoms with Gasteiger partial charge in [-0.1, -0.05) is 0 Å². The topological polar surface area (TPSA) is 152 Å². The number of carbonyl (C=O) groups is 1. The molecule has 0 amide bonds. The van der Waals surface area contributed by atoms with Gasteiger partial charge in [-0.15, -0.1) is 0 Å². The summed E-state index contributed by atoms with van der Waals surface area (Å²) < 4.78 is 35.7. The molecular formula is C23H38N4O6S. The molecule has 0 bridgehead atoms.